The number of halogens is 1. The van der Waals surface area contributed by atoms with Gasteiger partial charge in [0.15, 0.2) is 11.6 Å². The zero-order valence-electron chi connectivity index (χ0n) is 9.71. The Morgan fingerprint density at radius 2 is 2.06 bits per heavy atom. The maximum absolute atomic E-state index is 13.3. The SMILES string of the molecule is Cc1ccc(F)c(OCCN2CCCC2)c1. The van der Waals surface area contributed by atoms with Crippen LogP contribution in [0, 0.1) is 12.7 Å². The van der Waals surface area contributed by atoms with Gasteiger partial charge in [0.2, 0.25) is 0 Å². The molecule has 0 saturated carbocycles. The van der Waals surface area contributed by atoms with Crippen LogP contribution in [0.15, 0.2) is 18.2 Å². The first-order chi connectivity index (χ1) is 7.75. The van der Waals surface area contributed by atoms with Crippen molar-refractivity contribution in [3.05, 3.63) is 29.6 Å². The topological polar surface area (TPSA) is 12.5 Å². The summed E-state index contributed by atoms with van der Waals surface area (Å²) in [6.07, 6.45) is 2.55. The highest BCUT2D eigenvalue weighted by atomic mass is 19.1. The molecule has 0 amide bonds. The average Bonchev–Trinajstić information content (AvgIpc) is 2.76. The third kappa shape index (κ3) is 2.95. The largest absolute Gasteiger partial charge is 0.489 e. The smallest absolute Gasteiger partial charge is 0.165 e. The molecule has 0 bridgehead atoms. The fourth-order valence-corrected chi connectivity index (χ4v) is 2.01. The van der Waals surface area contributed by atoms with Gasteiger partial charge in [-0.1, -0.05) is 6.07 Å². The average molecular weight is 223 g/mol. The second kappa shape index (κ2) is 5.30. The summed E-state index contributed by atoms with van der Waals surface area (Å²) in [4.78, 5) is 2.35. The standard InChI is InChI=1S/C13H18FNO/c1-11-4-5-12(14)13(10-11)16-9-8-15-6-2-3-7-15/h4-5,10H,2-3,6-9H2,1H3. The van der Waals surface area contributed by atoms with Crippen molar-refractivity contribution in [2.75, 3.05) is 26.2 Å². The van der Waals surface area contributed by atoms with Crippen LogP contribution in [0.1, 0.15) is 18.4 Å². The first-order valence-corrected chi connectivity index (χ1v) is 5.87. The maximum Gasteiger partial charge on any atom is 0.165 e. The molecular weight excluding hydrogens is 205 g/mol. The lowest BCUT2D eigenvalue weighted by Gasteiger charge is -2.15. The molecule has 0 aliphatic carbocycles. The minimum atomic E-state index is -0.271. The van der Waals surface area contributed by atoms with Crippen molar-refractivity contribution >= 4 is 0 Å². The summed E-state index contributed by atoms with van der Waals surface area (Å²) in [5, 5.41) is 0. The third-order valence-electron chi connectivity index (χ3n) is 2.95. The number of hydrogen-bond acceptors (Lipinski definition) is 2. The Bertz CT molecular complexity index is 348. The summed E-state index contributed by atoms with van der Waals surface area (Å²) in [6, 6.07) is 4.96. The molecule has 2 rings (SSSR count). The summed E-state index contributed by atoms with van der Waals surface area (Å²) in [6.45, 7) is 5.71. The molecule has 1 aliphatic rings. The van der Waals surface area contributed by atoms with Gasteiger partial charge >= 0.3 is 0 Å². The van der Waals surface area contributed by atoms with Crippen LogP contribution in [-0.2, 0) is 0 Å². The molecule has 1 aliphatic heterocycles. The van der Waals surface area contributed by atoms with E-state index in [2.05, 4.69) is 4.90 Å². The summed E-state index contributed by atoms with van der Waals surface area (Å²) < 4.78 is 18.8. The fraction of sp³-hybridized carbons (Fsp3) is 0.538. The van der Waals surface area contributed by atoms with Crippen molar-refractivity contribution in [1.29, 1.82) is 0 Å². The van der Waals surface area contributed by atoms with E-state index in [1.54, 1.807) is 12.1 Å². The summed E-state index contributed by atoms with van der Waals surface area (Å²) in [5.74, 6) is 0.103. The molecule has 1 aromatic carbocycles. The van der Waals surface area contributed by atoms with E-state index in [-0.39, 0.29) is 5.82 Å². The van der Waals surface area contributed by atoms with Gasteiger partial charge in [-0.3, -0.25) is 4.90 Å². The van der Waals surface area contributed by atoms with Crippen molar-refractivity contribution in [2.45, 2.75) is 19.8 Å². The Kier molecular flexibility index (Phi) is 3.78. The van der Waals surface area contributed by atoms with Crippen LogP contribution in [0.2, 0.25) is 0 Å². The van der Waals surface area contributed by atoms with E-state index in [9.17, 15) is 4.39 Å². The summed E-state index contributed by atoms with van der Waals surface area (Å²) in [5.41, 5.74) is 1.03. The fourth-order valence-electron chi connectivity index (χ4n) is 2.01. The zero-order valence-corrected chi connectivity index (χ0v) is 9.71. The van der Waals surface area contributed by atoms with Crippen LogP contribution in [0.3, 0.4) is 0 Å². The molecule has 1 heterocycles. The number of benzene rings is 1. The molecule has 0 radical (unpaired) electrons. The quantitative estimate of drug-likeness (QED) is 0.778. The Balaban J connectivity index is 1.82. The van der Waals surface area contributed by atoms with E-state index in [0.717, 1.165) is 25.2 Å². The second-order valence-electron chi connectivity index (χ2n) is 4.33. The van der Waals surface area contributed by atoms with E-state index in [1.165, 1.54) is 18.9 Å². The molecule has 88 valence electrons. The van der Waals surface area contributed by atoms with Gasteiger partial charge in [-0.05, 0) is 50.6 Å². The van der Waals surface area contributed by atoms with Crippen molar-refractivity contribution in [3.8, 4) is 5.75 Å². The second-order valence-corrected chi connectivity index (χ2v) is 4.33. The first kappa shape index (κ1) is 11.4. The van der Waals surface area contributed by atoms with E-state index in [0.29, 0.717) is 12.4 Å². The van der Waals surface area contributed by atoms with E-state index >= 15 is 0 Å². The van der Waals surface area contributed by atoms with Crippen molar-refractivity contribution < 1.29 is 9.13 Å². The van der Waals surface area contributed by atoms with Crippen LogP contribution in [0.4, 0.5) is 4.39 Å². The summed E-state index contributed by atoms with van der Waals surface area (Å²) >= 11 is 0. The molecule has 0 aromatic heterocycles. The molecule has 0 spiro atoms. The lowest BCUT2D eigenvalue weighted by molar-refractivity contribution is 0.231. The molecule has 16 heavy (non-hydrogen) atoms. The Morgan fingerprint density at radius 1 is 1.31 bits per heavy atom. The Labute approximate surface area is 96.0 Å². The van der Waals surface area contributed by atoms with Gasteiger partial charge in [-0.2, -0.15) is 0 Å². The number of rotatable bonds is 4. The highest BCUT2D eigenvalue weighted by molar-refractivity contribution is 5.29. The van der Waals surface area contributed by atoms with Crippen LogP contribution >= 0.6 is 0 Å². The van der Waals surface area contributed by atoms with Crippen LogP contribution in [0.5, 0.6) is 5.75 Å². The molecule has 3 heteroatoms. The maximum atomic E-state index is 13.3. The van der Waals surface area contributed by atoms with Crippen LogP contribution in [0.25, 0.3) is 0 Å². The minimum Gasteiger partial charge on any atom is -0.489 e. The van der Waals surface area contributed by atoms with Gasteiger partial charge in [0.1, 0.15) is 6.61 Å². The highest BCUT2D eigenvalue weighted by Gasteiger charge is 2.11. The highest BCUT2D eigenvalue weighted by Crippen LogP contribution is 2.18. The third-order valence-corrected chi connectivity index (χ3v) is 2.95. The van der Waals surface area contributed by atoms with Crippen LogP contribution in [-0.4, -0.2) is 31.1 Å². The van der Waals surface area contributed by atoms with E-state index in [4.69, 9.17) is 4.74 Å². The molecular formula is C13H18FNO. The van der Waals surface area contributed by atoms with Gasteiger partial charge in [-0.25, -0.2) is 4.39 Å². The van der Waals surface area contributed by atoms with Gasteiger partial charge in [0.25, 0.3) is 0 Å². The minimum absolute atomic E-state index is 0.271. The normalized spacial score (nSPS) is 16.6. The van der Waals surface area contributed by atoms with Gasteiger partial charge < -0.3 is 4.74 Å². The lowest BCUT2D eigenvalue weighted by atomic mass is 10.2. The lowest BCUT2D eigenvalue weighted by Crippen LogP contribution is -2.25. The number of ether oxygens (including phenoxy) is 1. The van der Waals surface area contributed by atoms with Gasteiger partial charge in [-0.15, -0.1) is 0 Å². The van der Waals surface area contributed by atoms with Gasteiger partial charge in [0.05, 0.1) is 0 Å². The molecule has 0 N–H and O–H groups in total. The summed E-state index contributed by atoms with van der Waals surface area (Å²) in [7, 11) is 0. The van der Waals surface area contributed by atoms with Crippen LogP contribution < -0.4 is 4.74 Å². The molecule has 1 saturated heterocycles. The number of nitrogens with zero attached hydrogens (tertiary/aromatic N) is 1. The molecule has 0 atom stereocenters. The van der Waals surface area contributed by atoms with E-state index < -0.39 is 0 Å². The molecule has 1 fully saturated rings. The number of aryl methyl sites for hydroxylation is 1. The first-order valence-electron chi connectivity index (χ1n) is 5.87. The molecule has 1 aromatic rings. The predicted octanol–water partition coefficient (Wildman–Crippen LogP) is 2.61. The molecule has 0 unspecified atom stereocenters. The van der Waals surface area contributed by atoms with Crippen molar-refractivity contribution in [3.63, 3.8) is 0 Å². The monoisotopic (exact) mass is 223 g/mol. The zero-order chi connectivity index (χ0) is 11.4. The Morgan fingerprint density at radius 3 is 2.81 bits per heavy atom. The van der Waals surface area contributed by atoms with Gasteiger partial charge in [0, 0.05) is 6.54 Å². The Hall–Kier alpha value is -1.09. The molecule has 2 nitrogen and oxygen atoms in total. The van der Waals surface area contributed by atoms with Crippen molar-refractivity contribution in [2.24, 2.45) is 0 Å². The predicted molar refractivity (Wildman–Crippen MR) is 62.3 cm³/mol. The van der Waals surface area contributed by atoms with E-state index in [1.807, 2.05) is 6.92 Å². The van der Waals surface area contributed by atoms with Crippen molar-refractivity contribution in [1.82, 2.24) is 4.90 Å². The number of hydrogen-bond donors (Lipinski definition) is 0. The number of likely N-dealkylation sites (tertiary alicyclic amines) is 1.